The molecule has 0 saturated carbocycles. The summed E-state index contributed by atoms with van der Waals surface area (Å²) in [6, 6.07) is 8.03. The Morgan fingerprint density at radius 1 is 1.11 bits per heavy atom. The van der Waals surface area contributed by atoms with Crippen molar-refractivity contribution in [2.45, 2.75) is 13.5 Å². The van der Waals surface area contributed by atoms with Crippen LogP contribution in [-0.2, 0) is 6.54 Å². The molecule has 0 fully saturated rings. The Bertz CT molecular complexity index is 584. The Kier molecular flexibility index (Phi) is 3.23. The van der Waals surface area contributed by atoms with Crippen molar-refractivity contribution < 1.29 is 9.47 Å². The number of ether oxygens (including phenoxy) is 2. The average Bonchev–Trinajstić information content (AvgIpc) is 2.45. The largest absolute Gasteiger partial charge is 0.486 e. The predicted molar refractivity (Wildman–Crippen MR) is 73.7 cm³/mol. The third kappa shape index (κ3) is 2.78. The van der Waals surface area contributed by atoms with Gasteiger partial charge in [-0.1, -0.05) is 6.07 Å². The third-order valence-corrected chi connectivity index (χ3v) is 2.97. The fourth-order valence-corrected chi connectivity index (χ4v) is 2.07. The van der Waals surface area contributed by atoms with E-state index in [4.69, 9.17) is 9.47 Å². The maximum absolute atomic E-state index is 5.56. The van der Waals surface area contributed by atoms with Crippen LogP contribution in [0.4, 0.5) is 5.69 Å². The average molecular weight is 256 g/mol. The van der Waals surface area contributed by atoms with E-state index in [0.29, 0.717) is 13.2 Å². The van der Waals surface area contributed by atoms with E-state index in [0.717, 1.165) is 29.3 Å². The molecule has 0 amide bonds. The third-order valence-electron chi connectivity index (χ3n) is 2.97. The lowest BCUT2D eigenvalue weighted by Crippen LogP contribution is -2.15. The molecule has 98 valence electrons. The molecule has 2 aromatic rings. The van der Waals surface area contributed by atoms with Crippen LogP contribution in [0.2, 0.25) is 0 Å². The van der Waals surface area contributed by atoms with Crippen LogP contribution in [0.5, 0.6) is 11.5 Å². The molecule has 3 rings (SSSR count). The number of pyridine rings is 1. The molecule has 1 aliphatic rings. The number of hydrogen-bond donors (Lipinski definition) is 1. The highest BCUT2D eigenvalue weighted by Crippen LogP contribution is 2.32. The maximum Gasteiger partial charge on any atom is 0.163 e. The van der Waals surface area contributed by atoms with Crippen LogP contribution in [0.25, 0.3) is 0 Å². The zero-order valence-corrected chi connectivity index (χ0v) is 10.8. The van der Waals surface area contributed by atoms with Gasteiger partial charge in [-0.25, -0.2) is 0 Å². The van der Waals surface area contributed by atoms with Crippen LogP contribution < -0.4 is 14.8 Å². The smallest absolute Gasteiger partial charge is 0.163 e. The molecule has 0 bridgehead atoms. The van der Waals surface area contributed by atoms with Crippen molar-refractivity contribution >= 4 is 5.69 Å². The van der Waals surface area contributed by atoms with E-state index in [1.165, 1.54) is 5.56 Å². The molecule has 0 aliphatic carbocycles. The van der Waals surface area contributed by atoms with Crippen molar-refractivity contribution in [3.8, 4) is 11.5 Å². The van der Waals surface area contributed by atoms with Gasteiger partial charge in [0.15, 0.2) is 11.5 Å². The standard InChI is InChI=1S/C15H16N2O2/c1-11-6-12(9-16-8-11)10-17-13-2-3-14-15(7-13)19-5-4-18-14/h2-3,6-9,17H,4-5,10H2,1H3. The molecule has 0 spiro atoms. The summed E-state index contributed by atoms with van der Waals surface area (Å²) in [5, 5.41) is 3.36. The van der Waals surface area contributed by atoms with E-state index < -0.39 is 0 Å². The summed E-state index contributed by atoms with van der Waals surface area (Å²) in [5.74, 6) is 1.62. The molecule has 1 aromatic carbocycles. The van der Waals surface area contributed by atoms with E-state index in [-0.39, 0.29) is 0 Å². The van der Waals surface area contributed by atoms with Crippen LogP contribution >= 0.6 is 0 Å². The number of fused-ring (bicyclic) bond motifs is 1. The fraction of sp³-hybridized carbons (Fsp3) is 0.267. The number of anilines is 1. The summed E-state index contributed by atoms with van der Waals surface area (Å²) in [6.45, 7) is 4.02. The molecule has 4 nitrogen and oxygen atoms in total. The number of benzene rings is 1. The molecular formula is C15H16N2O2. The second-order valence-electron chi connectivity index (χ2n) is 4.58. The van der Waals surface area contributed by atoms with Crippen molar-refractivity contribution in [1.82, 2.24) is 4.98 Å². The summed E-state index contributed by atoms with van der Waals surface area (Å²) in [5.41, 5.74) is 3.35. The van der Waals surface area contributed by atoms with Gasteiger partial charge in [-0.05, 0) is 30.2 Å². The Balaban J connectivity index is 1.70. The summed E-state index contributed by atoms with van der Waals surface area (Å²) < 4.78 is 11.1. The predicted octanol–water partition coefficient (Wildman–Crippen LogP) is 2.77. The Labute approximate surface area is 112 Å². The normalized spacial score (nSPS) is 13.1. The van der Waals surface area contributed by atoms with Crippen molar-refractivity contribution in [3.05, 3.63) is 47.8 Å². The van der Waals surface area contributed by atoms with Crippen LogP contribution in [0, 0.1) is 6.92 Å². The summed E-state index contributed by atoms with van der Waals surface area (Å²) in [7, 11) is 0. The van der Waals surface area contributed by atoms with Crippen molar-refractivity contribution in [3.63, 3.8) is 0 Å². The van der Waals surface area contributed by atoms with Crippen molar-refractivity contribution in [1.29, 1.82) is 0 Å². The summed E-state index contributed by atoms with van der Waals surface area (Å²) >= 11 is 0. The molecule has 0 unspecified atom stereocenters. The van der Waals surface area contributed by atoms with E-state index in [2.05, 4.69) is 16.4 Å². The van der Waals surface area contributed by atoms with E-state index in [9.17, 15) is 0 Å². The fourth-order valence-electron chi connectivity index (χ4n) is 2.07. The topological polar surface area (TPSA) is 43.4 Å². The molecule has 1 N–H and O–H groups in total. The van der Waals surface area contributed by atoms with Crippen LogP contribution in [0.15, 0.2) is 36.7 Å². The molecular weight excluding hydrogens is 240 g/mol. The number of aryl methyl sites for hydroxylation is 1. The van der Waals surface area contributed by atoms with Gasteiger partial charge < -0.3 is 14.8 Å². The highest BCUT2D eigenvalue weighted by molar-refractivity contribution is 5.55. The van der Waals surface area contributed by atoms with Crippen LogP contribution in [0.1, 0.15) is 11.1 Å². The van der Waals surface area contributed by atoms with E-state index >= 15 is 0 Å². The number of nitrogens with zero attached hydrogens (tertiary/aromatic N) is 1. The zero-order chi connectivity index (χ0) is 13.1. The minimum atomic E-state index is 0.609. The van der Waals surface area contributed by atoms with Gasteiger partial charge in [-0.2, -0.15) is 0 Å². The van der Waals surface area contributed by atoms with Gasteiger partial charge in [0.05, 0.1) is 0 Å². The molecule has 0 saturated heterocycles. The first-order chi connectivity index (χ1) is 9.31. The number of aromatic nitrogens is 1. The summed E-state index contributed by atoms with van der Waals surface area (Å²) in [4.78, 5) is 4.18. The minimum Gasteiger partial charge on any atom is -0.486 e. The van der Waals surface area contributed by atoms with E-state index in [1.54, 1.807) is 0 Å². The Morgan fingerprint density at radius 2 is 1.95 bits per heavy atom. The van der Waals surface area contributed by atoms with Crippen molar-refractivity contribution in [2.24, 2.45) is 0 Å². The SMILES string of the molecule is Cc1cncc(CNc2ccc3c(c2)OCCO3)c1. The van der Waals surface area contributed by atoms with E-state index in [1.807, 2.05) is 37.5 Å². The molecule has 1 aliphatic heterocycles. The van der Waals surface area contributed by atoms with Crippen molar-refractivity contribution in [2.75, 3.05) is 18.5 Å². The first-order valence-electron chi connectivity index (χ1n) is 6.35. The van der Waals surface area contributed by atoms with Crippen LogP contribution in [0.3, 0.4) is 0 Å². The molecule has 0 atom stereocenters. The second-order valence-corrected chi connectivity index (χ2v) is 4.58. The number of hydrogen-bond acceptors (Lipinski definition) is 4. The van der Waals surface area contributed by atoms with Gasteiger partial charge >= 0.3 is 0 Å². The second kappa shape index (κ2) is 5.18. The number of rotatable bonds is 3. The lowest BCUT2D eigenvalue weighted by Gasteiger charge is -2.19. The molecule has 4 heteroatoms. The first kappa shape index (κ1) is 11.8. The molecule has 2 heterocycles. The van der Waals surface area contributed by atoms with Gasteiger partial charge in [0.2, 0.25) is 0 Å². The maximum atomic E-state index is 5.56. The molecule has 0 radical (unpaired) electrons. The highest BCUT2D eigenvalue weighted by atomic mass is 16.6. The molecule has 19 heavy (non-hydrogen) atoms. The lowest BCUT2D eigenvalue weighted by molar-refractivity contribution is 0.171. The minimum absolute atomic E-state index is 0.609. The summed E-state index contributed by atoms with van der Waals surface area (Å²) in [6.07, 6.45) is 3.73. The van der Waals surface area contributed by atoms with Gasteiger partial charge in [0.1, 0.15) is 13.2 Å². The van der Waals surface area contributed by atoms with Crippen LogP contribution in [-0.4, -0.2) is 18.2 Å². The monoisotopic (exact) mass is 256 g/mol. The first-order valence-corrected chi connectivity index (χ1v) is 6.35. The van der Waals surface area contributed by atoms with Gasteiger partial charge in [0.25, 0.3) is 0 Å². The van der Waals surface area contributed by atoms with Gasteiger partial charge in [-0.3, -0.25) is 4.98 Å². The van der Waals surface area contributed by atoms with Gasteiger partial charge in [0, 0.05) is 30.7 Å². The molecule has 1 aromatic heterocycles. The quantitative estimate of drug-likeness (QED) is 0.917. The lowest BCUT2D eigenvalue weighted by atomic mass is 10.2. The van der Waals surface area contributed by atoms with Gasteiger partial charge in [-0.15, -0.1) is 0 Å². The Hall–Kier alpha value is -2.23. The highest BCUT2D eigenvalue weighted by Gasteiger charge is 2.11. The Morgan fingerprint density at radius 3 is 2.79 bits per heavy atom. The zero-order valence-electron chi connectivity index (χ0n) is 10.8. The number of nitrogens with one attached hydrogen (secondary N) is 1.